The van der Waals surface area contributed by atoms with Crippen molar-refractivity contribution >= 4 is 5.97 Å². The van der Waals surface area contributed by atoms with E-state index < -0.39 is 11.4 Å². The van der Waals surface area contributed by atoms with E-state index in [-0.39, 0.29) is 17.5 Å². The lowest BCUT2D eigenvalue weighted by atomic mass is 9.82. The Balaban J connectivity index is 1.78. The quantitative estimate of drug-likeness (QED) is 0.654. The predicted molar refractivity (Wildman–Crippen MR) is 122 cm³/mol. The van der Waals surface area contributed by atoms with Crippen molar-refractivity contribution in [3.63, 3.8) is 0 Å². The fourth-order valence-electron chi connectivity index (χ4n) is 4.96. The summed E-state index contributed by atoms with van der Waals surface area (Å²) in [4.78, 5) is 24.3. The topological polar surface area (TPSA) is 77.8 Å². The monoisotopic (exact) mass is 431 g/mol. The summed E-state index contributed by atoms with van der Waals surface area (Å²) in [6.45, 7) is 4.88. The number of carboxylic acid groups (broad SMARTS) is 1. The van der Waals surface area contributed by atoms with Crippen LogP contribution in [0.4, 0.5) is 0 Å². The average molecular weight is 431 g/mol. The second-order valence-corrected chi connectivity index (χ2v) is 8.75. The molecular formula is C26H25NO5. The predicted octanol–water partition coefficient (Wildman–Crippen LogP) is 4.58. The molecule has 32 heavy (non-hydrogen) atoms. The first-order valence-corrected chi connectivity index (χ1v) is 10.8. The molecule has 1 atom stereocenters. The van der Waals surface area contributed by atoms with E-state index in [0.717, 1.165) is 46.7 Å². The second-order valence-electron chi connectivity index (χ2n) is 8.75. The third-order valence-corrected chi connectivity index (χ3v) is 6.62. The molecule has 0 saturated heterocycles. The highest BCUT2D eigenvalue weighted by Crippen LogP contribution is 2.48. The smallest absolute Gasteiger partial charge is 0.341 e. The molecule has 0 spiro atoms. The molecule has 1 unspecified atom stereocenters. The first-order chi connectivity index (χ1) is 15.4. The van der Waals surface area contributed by atoms with Gasteiger partial charge in [0.2, 0.25) is 0 Å². The van der Waals surface area contributed by atoms with Crippen molar-refractivity contribution in [2.45, 2.75) is 32.7 Å². The van der Waals surface area contributed by atoms with E-state index >= 15 is 0 Å². The van der Waals surface area contributed by atoms with Gasteiger partial charge in [-0.2, -0.15) is 0 Å². The maximum atomic E-state index is 12.6. The zero-order valence-corrected chi connectivity index (χ0v) is 18.3. The van der Waals surface area contributed by atoms with Crippen molar-refractivity contribution in [2.75, 3.05) is 13.7 Å². The molecule has 164 valence electrons. The first-order valence-electron chi connectivity index (χ1n) is 10.8. The Morgan fingerprint density at radius 3 is 2.56 bits per heavy atom. The number of methoxy groups -OCH3 is 1. The molecule has 3 aromatic rings. The van der Waals surface area contributed by atoms with E-state index in [0.29, 0.717) is 6.61 Å². The number of rotatable bonds is 4. The Morgan fingerprint density at radius 2 is 1.91 bits per heavy atom. The normalized spacial score (nSPS) is 16.2. The van der Waals surface area contributed by atoms with Crippen molar-refractivity contribution in [3.8, 4) is 33.9 Å². The van der Waals surface area contributed by atoms with Gasteiger partial charge in [0, 0.05) is 41.4 Å². The SMILES string of the molecule is COc1ccc(-c2cc3c(c4c2OCC4)CC(C(C)C)n2cc(C(=O)O)c(=O)cc2-3)cc1. The van der Waals surface area contributed by atoms with Gasteiger partial charge >= 0.3 is 5.97 Å². The molecule has 0 fully saturated rings. The summed E-state index contributed by atoms with van der Waals surface area (Å²) in [5.41, 5.74) is 5.47. The van der Waals surface area contributed by atoms with E-state index in [1.807, 2.05) is 28.8 Å². The molecule has 0 saturated carbocycles. The minimum absolute atomic E-state index is 0.0627. The summed E-state index contributed by atoms with van der Waals surface area (Å²) < 4.78 is 13.4. The van der Waals surface area contributed by atoms with Gasteiger partial charge in [-0.15, -0.1) is 0 Å². The number of ether oxygens (including phenoxy) is 2. The Bertz CT molecular complexity index is 1290. The Labute approximate surface area is 186 Å². The molecule has 3 heterocycles. The van der Waals surface area contributed by atoms with E-state index in [1.54, 1.807) is 7.11 Å². The Kier molecular flexibility index (Phi) is 4.81. The lowest BCUT2D eigenvalue weighted by molar-refractivity contribution is 0.0694. The van der Waals surface area contributed by atoms with Crippen molar-refractivity contribution < 1.29 is 19.4 Å². The summed E-state index contributed by atoms with van der Waals surface area (Å²) in [5, 5.41) is 9.51. The summed E-state index contributed by atoms with van der Waals surface area (Å²) >= 11 is 0. The Morgan fingerprint density at radius 1 is 1.16 bits per heavy atom. The summed E-state index contributed by atoms with van der Waals surface area (Å²) in [7, 11) is 1.64. The fourth-order valence-corrected chi connectivity index (χ4v) is 4.96. The number of aromatic carboxylic acids is 1. The molecule has 2 aromatic carbocycles. The molecule has 0 bridgehead atoms. The highest BCUT2D eigenvalue weighted by atomic mass is 16.5. The van der Waals surface area contributed by atoms with Crippen LogP contribution in [0.1, 0.15) is 41.4 Å². The molecule has 0 aliphatic carbocycles. The van der Waals surface area contributed by atoms with E-state index in [1.165, 1.54) is 23.4 Å². The van der Waals surface area contributed by atoms with E-state index in [2.05, 4.69) is 19.9 Å². The average Bonchev–Trinajstić information content (AvgIpc) is 3.27. The fraction of sp³-hybridized carbons (Fsp3) is 0.308. The number of fused-ring (bicyclic) bond motifs is 5. The van der Waals surface area contributed by atoms with Crippen LogP contribution < -0.4 is 14.9 Å². The molecule has 6 nitrogen and oxygen atoms in total. The molecule has 6 heteroatoms. The van der Waals surface area contributed by atoms with Crippen molar-refractivity contribution in [2.24, 2.45) is 5.92 Å². The standard InChI is InChI=1S/C26H25NO5/c1-14(2)22-11-19-17-8-9-32-25(17)18(15-4-6-16(31-3)7-5-15)10-20(19)23-12-24(28)21(26(29)30)13-27(22)23/h4-7,10,12-14,22H,8-9,11H2,1-3H3,(H,29,30). The number of hydrogen-bond donors (Lipinski definition) is 1. The molecule has 1 N–H and O–H groups in total. The molecule has 5 rings (SSSR count). The molecule has 0 radical (unpaired) electrons. The molecule has 0 amide bonds. The zero-order valence-electron chi connectivity index (χ0n) is 18.3. The minimum atomic E-state index is -1.19. The maximum absolute atomic E-state index is 12.6. The lowest BCUT2D eigenvalue weighted by Gasteiger charge is -2.34. The number of benzene rings is 2. The van der Waals surface area contributed by atoms with Crippen molar-refractivity contribution in [3.05, 3.63) is 69.5 Å². The van der Waals surface area contributed by atoms with E-state index in [9.17, 15) is 14.7 Å². The summed E-state index contributed by atoms with van der Waals surface area (Å²) in [6, 6.07) is 11.5. The molecule has 1 aromatic heterocycles. The van der Waals surface area contributed by atoms with Gasteiger partial charge < -0.3 is 19.1 Å². The van der Waals surface area contributed by atoms with Gasteiger partial charge in [0.25, 0.3) is 0 Å². The number of carbonyl (C=O) groups is 1. The number of pyridine rings is 1. The van der Waals surface area contributed by atoms with Crippen LogP contribution in [0.5, 0.6) is 11.5 Å². The maximum Gasteiger partial charge on any atom is 0.341 e. The van der Waals surface area contributed by atoms with Crippen molar-refractivity contribution in [1.82, 2.24) is 4.57 Å². The number of hydrogen-bond acceptors (Lipinski definition) is 4. The molecular weight excluding hydrogens is 406 g/mol. The van der Waals surface area contributed by atoms with Crippen LogP contribution in [-0.4, -0.2) is 29.4 Å². The van der Waals surface area contributed by atoms with Gasteiger partial charge in [-0.3, -0.25) is 4.79 Å². The minimum Gasteiger partial charge on any atom is -0.497 e. The zero-order chi connectivity index (χ0) is 22.6. The van der Waals surface area contributed by atoms with Gasteiger partial charge in [-0.05, 0) is 41.7 Å². The highest BCUT2D eigenvalue weighted by molar-refractivity contribution is 5.88. The molecule has 2 aliphatic heterocycles. The van der Waals surface area contributed by atoms with Gasteiger partial charge in [-0.25, -0.2) is 4.79 Å². The third kappa shape index (κ3) is 3.09. The van der Waals surface area contributed by atoms with Crippen LogP contribution in [0.2, 0.25) is 0 Å². The molecule has 2 aliphatic rings. The van der Waals surface area contributed by atoms with Gasteiger partial charge in [0.15, 0.2) is 5.43 Å². The van der Waals surface area contributed by atoms with Crippen LogP contribution in [-0.2, 0) is 12.8 Å². The van der Waals surface area contributed by atoms with Crippen LogP contribution in [0.25, 0.3) is 22.4 Å². The number of nitrogens with zero attached hydrogens (tertiary/aromatic N) is 1. The first kappa shape index (κ1) is 20.4. The number of aromatic nitrogens is 1. The second kappa shape index (κ2) is 7.55. The van der Waals surface area contributed by atoms with Gasteiger partial charge in [0.05, 0.1) is 19.4 Å². The lowest BCUT2D eigenvalue weighted by Crippen LogP contribution is -2.28. The summed E-state index contributed by atoms with van der Waals surface area (Å²) in [5.74, 6) is 0.765. The highest BCUT2D eigenvalue weighted by Gasteiger charge is 2.33. The number of carboxylic acids is 1. The van der Waals surface area contributed by atoms with Gasteiger partial charge in [-0.1, -0.05) is 26.0 Å². The van der Waals surface area contributed by atoms with Crippen LogP contribution >= 0.6 is 0 Å². The third-order valence-electron chi connectivity index (χ3n) is 6.62. The Hall–Kier alpha value is -3.54. The van der Waals surface area contributed by atoms with Gasteiger partial charge in [0.1, 0.15) is 17.1 Å². The van der Waals surface area contributed by atoms with Crippen molar-refractivity contribution in [1.29, 1.82) is 0 Å². The van der Waals surface area contributed by atoms with Crippen LogP contribution in [0.3, 0.4) is 0 Å². The largest absolute Gasteiger partial charge is 0.497 e. The summed E-state index contributed by atoms with van der Waals surface area (Å²) in [6.07, 6.45) is 3.12. The van der Waals surface area contributed by atoms with Crippen LogP contribution in [0.15, 0.2) is 47.4 Å². The van der Waals surface area contributed by atoms with Crippen LogP contribution in [0, 0.1) is 5.92 Å². The van der Waals surface area contributed by atoms with E-state index in [4.69, 9.17) is 9.47 Å².